The highest BCUT2D eigenvalue weighted by atomic mass is 79.9. The van der Waals surface area contributed by atoms with Crippen LogP contribution in [0, 0.1) is 0 Å². The van der Waals surface area contributed by atoms with E-state index in [1.165, 1.54) is 31.0 Å². The Morgan fingerprint density at radius 2 is 2.00 bits per heavy atom. The Hall–Kier alpha value is -2.06. The molecule has 1 N–H and O–H groups in total. The molecule has 0 bridgehead atoms. The molecule has 0 spiro atoms. The van der Waals surface area contributed by atoms with Gasteiger partial charge in [-0.3, -0.25) is 9.36 Å². The fourth-order valence-electron chi connectivity index (χ4n) is 3.76. The van der Waals surface area contributed by atoms with Crippen LogP contribution < -0.4 is 5.32 Å². The Morgan fingerprint density at radius 3 is 2.70 bits per heavy atom. The van der Waals surface area contributed by atoms with Gasteiger partial charge < -0.3 is 9.73 Å². The predicted molar refractivity (Wildman–Crippen MR) is 121 cm³/mol. The van der Waals surface area contributed by atoms with Crippen molar-refractivity contribution in [3.8, 4) is 11.4 Å². The molecule has 2 heterocycles. The molecule has 1 atom stereocenters. The summed E-state index contributed by atoms with van der Waals surface area (Å²) < 4.78 is 8.58. The van der Waals surface area contributed by atoms with Crippen LogP contribution in [0.1, 0.15) is 50.8 Å². The number of halogens is 1. The van der Waals surface area contributed by atoms with E-state index in [1.807, 2.05) is 31.2 Å². The summed E-state index contributed by atoms with van der Waals surface area (Å²) in [6.07, 6.45) is 7.55. The minimum absolute atomic E-state index is 0.0419. The van der Waals surface area contributed by atoms with Crippen LogP contribution in [0.25, 0.3) is 11.4 Å². The van der Waals surface area contributed by atoms with Crippen molar-refractivity contribution >= 4 is 33.6 Å². The quantitative estimate of drug-likeness (QED) is 0.438. The van der Waals surface area contributed by atoms with Crippen LogP contribution in [0.4, 0.5) is 0 Å². The molecule has 0 saturated heterocycles. The van der Waals surface area contributed by atoms with Crippen LogP contribution in [0.5, 0.6) is 0 Å². The first-order chi connectivity index (χ1) is 14.6. The smallest absolute Gasteiger partial charge is 0.233 e. The van der Waals surface area contributed by atoms with Crippen molar-refractivity contribution in [2.75, 3.05) is 0 Å². The average molecular weight is 489 g/mol. The Bertz CT molecular complexity index is 966. The van der Waals surface area contributed by atoms with E-state index in [1.54, 1.807) is 6.26 Å². The van der Waals surface area contributed by atoms with Gasteiger partial charge in [0.15, 0.2) is 11.0 Å². The summed E-state index contributed by atoms with van der Waals surface area (Å²) in [6.45, 7) is 2.29. The van der Waals surface area contributed by atoms with E-state index in [-0.39, 0.29) is 11.2 Å². The van der Waals surface area contributed by atoms with Gasteiger partial charge in [-0.15, -0.1) is 10.2 Å². The molecule has 1 aromatic carbocycles. The maximum atomic E-state index is 12.6. The third-order valence-electron chi connectivity index (χ3n) is 5.38. The van der Waals surface area contributed by atoms with Gasteiger partial charge in [-0.25, -0.2) is 0 Å². The number of rotatable bonds is 7. The Morgan fingerprint density at radius 1 is 1.23 bits per heavy atom. The van der Waals surface area contributed by atoms with Gasteiger partial charge in [-0.1, -0.05) is 59.1 Å². The number of carbonyl (C=O) groups excluding carboxylic acids is 1. The Kier molecular flexibility index (Phi) is 6.94. The third kappa shape index (κ3) is 4.98. The van der Waals surface area contributed by atoms with Gasteiger partial charge in [0.1, 0.15) is 5.76 Å². The molecular formula is C22H25BrN4O2S. The van der Waals surface area contributed by atoms with E-state index in [4.69, 9.17) is 4.42 Å². The molecule has 1 amide bonds. The van der Waals surface area contributed by atoms with Gasteiger partial charge in [0.05, 0.1) is 18.1 Å². The molecule has 6 nitrogen and oxygen atoms in total. The van der Waals surface area contributed by atoms with Crippen molar-refractivity contribution in [2.24, 2.45) is 0 Å². The van der Waals surface area contributed by atoms with Gasteiger partial charge in [-0.05, 0) is 44.0 Å². The summed E-state index contributed by atoms with van der Waals surface area (Å²) in [5.41, 5.74) is 1.04. The van der Waals surface area contributed by atoms with Gasteiger partial charge in [-0.2, -0.15) is 0 Å². The summed E-state index contributed by atoms with van der Waals surface area (Å²) in [6, 6.07) is 12.2. The summed E-state index contributed by atoms with van der Waals surface area (Å²) in [5, 5.41) is 12.5. The normalized spacial score (nSPS) is 15.8. The Labute approximate surface area is 189 Å². The summed E-state index contributed by atoms with van der Waals surface area (Å²) in [4.78, 5) is 12.6. The fraction of sp³-hybridized carbons (Fsp3) is 0.409. The van der Waals surface area contributed by atoms with Gasteiger partial charge >= 0.3 is 0 Å². The topological polar surface area (TPSA) is 73.0 Å². The summed E-state index contributed by atoms with van der Waals surface area (Å²) in [7, 11) is 0. The van der Waals surface area contributed by atoms with E-state index in [9.17, 15) is 4.79 Å². The van der Waals surface area contributed by atoms with Crippen molar-refractivity contribution in [2.45, 2.75) is 62.0 Å². The molecule has 4 rings (SSSR count). The molecule has 0 unspecified atom stereocenters. The number of nitrogens with zero attached hydrogens (tertiary/aromatic N) is 3. The van der Waals surface area contributed by atoms with E-state index in [2.05, 4.69) is 48.1 Å². The highest BCUT2D eigenvalue weighted by Gasteiger charge is 2.26. The largest absolute Gasteiger partial charge is 0.467 e. The lowest BCUT2D eigenvalue weighted by Gasteiger charge is -2.26. The number of hydrogen-bond donors (Lipinski definition) is 1. The Balaban J connectivity index is 1.54. The van der Waals surface area contributed by atoms with Crippen LogP contribution in [-0.2, 0) is 11.3 Å². The van der Waals surface area contributed by atoms with Gasteiger partial charge in [0.25, 0.3) is 0 Å². The molecule has 1 aliphatic carbocycles. The monoisotopic (exact) mass is 488 g/mol. The minimum atomic E-state index is -0.288. The lowest BCUT2D eigenvalue weighted by atomic mass is 9.95. The number of furan rings is 1. The molecule has 8 heteroatoms. The number of hydrogen-bond acceptors (Lipinski definition) is 5. The van der Waals surface area contributed by atoms with Gasteiger partial charge in [0.2, 0.25) is 5.91 Å². The molecule has 0 radical (unpaired) electrons. The highest BCUT2D eigenvalue weighted by Crippen LogP contribution is 2.36. The van der Waals surface area contributed by atoms with Crippen LogP contribution >= 0.6 is 27.7 Å². The number of carbonyl (C=O) groups is 1. The van der Waals surface area contributed by atoms with Crippen LogP contribution in [0.3, 0.4) is 0 Å². The molecule has 2 aromatic heterocycles. The highest BCUT2D eigenvalue weighted by molar-refractivity contribution is 9.10. The van der Waals surface area contributed by atoms with Gasteiger partial charge in [0, 0.05) is 16.1 Å². The molecular weight excluding hydrogens is 464 g/mol. The second-order valence-corrected chi connectivity index (χ2v) is 9.76. The van der Waals surface area contributed by atoms with Crippen LogP contribution in [0.2, 0.25) is 0 Å². The minimum Gasteiger partial charge on any atom is -0.467 e. The van der Waals surface area contributed by atoms with E-state index >= 15 is 0 Å². The number of thioether (sulfide) groups is 1. The lowest BCUT2D eigenvalue weighted by molar-refractivity contribution is -0.120. The average Bonchev–Trinajstić information content (AvgIpc) is 3.43. The zero-order chi connectivity index (χ0) is 20.9. The molecule has 158 valence electrons. The second-order valence-electron chi connectivity index (χ2n) is 7.53. The molecule has 1 saturated carbocycles. The summed E-state index contributed by atoms with van der Waals surface area (Å²) in [5.74, 6) is 1.57. The number of amides is 1. The molecule has 0 aliphatic heterocycles. The predicted octanol–water partition coefficient (Wildman–Crippen LogP) is 5.60. The maximum Gasteiger partial charge on any atom is 0.233 e. The van der Waals surface area contributed by atoms with Crippen molar-refractivity contribution in [3.63, 3.8) is 0 Å². The number of nitrogens with one attached hydrogen (secondary N) is 1. The third-order valence-corrected chi connectivity index (χ3v) is 6.96. The van der Waals surface area contributed by atoms with E-state index < -0.39 is 0 Å². The molecule has 1 aliphatic rings. The van der Waals surface area contributed by atoms with Crippen LogP contribution in [-0.4, -0.2) is 25.9 Å². The zero-order valence-electron chi connectivity index (χ0n) is 16.9. The number of aromatic nitrogens is 3. The van der Waals surface area contributed by atoms with Crippen LogP contribution in [0.15, 0.2) is 56.7 Å². The fourth-order valence-corrected chi connectivity index (χ4v) is 4.97. The van der Waals surface area contributed by atoms with Crippen molar-refractivity contribution in [1.29, 1.82) is 0 Å². The molecule has 1 fully saturated rings. The maximum absolute atomic E-state index is 12.6. The summed E-state index contributed by atoms with van der Waals surface area (Å²) >= 11 is 4.96. The van der Waals surface area contributed by atoms with Crippen molar-refractivity contribution in [3.05, 3.63) is 52.9 Å². The van der Waals surface area contributed by atoms with Crippen molar-refractivity contribution < 1.29 is 9.21 Å². The molecule has 30 heavy (non-hydrogen) atoms. The zero-order valence-corrected chi connectivity index (χ0v) is 19.3. The number of benzene rings is 1. The van der Waals surface area contributed by atoms with E-state index in [0.717, 1.165) is 39.6 Å². The second kappa shape index (κ2) is 9.83. The first-order valence-corrected chi connectivity index (χ1v) is 12.0. The lowest BCUT2D eigenvalue weighted by Crippen LogP contribution is -2.30. The first kappa shape index (κ1) is 21.2. The molecule has 3 aromatic rings. The SMILES string of the molecule is C[C@H](Sc1nnc(-c2ccc(Br)cc2)n1C1CCCCC1)C(=O)NCc1ccco1. The standard InChI is InChI=1S/C22H25BrN4O2S/c1-15(21(28)24-14-19-8-5-13-29-19)30-22-26-25-20(16-9-11-17(23)12-10-16)27(22)18-6-3-2-4-7-18/h5,8-13,15,18H,2-4,6-7,14H2,1H3,(H,24,28)/t15-/m0/s1. The van der Waals surface area contributed by atoms with Crippen molar-refractivity contribution in [1.82, 2.24) is 20.1 Å². The first-order valence-electron chi connectivity index (χ1n) is 10.3. The van der Waals surface area contributed by atoms with E-state index in [0.29, 0.717) is 12.6 Å².